The van der Waals surface area contributed by atoms with Crippen molar-refractivity contribution in [1.82, 2.24) is 5.32 Å². The number of rotatable bonds is 8. The van der Waals surface area contributed by atoms with Gasteiger partial charge in [-0.15, -0.1) is 0 Å². The van der Waals surface area contributed by atoms with Gasteiger partial charge in [0, 0.05) is 6.92 Å². The quantitative estimate of drug-likeness (QED) is 0.301. The van der Waals surface area contributed by atoms with Crippen molar-refractivity contribution >= 4 is 16.7 Å². The summed E-state index contributed by atoms with van der Waals surface area (Å²) in [7, 11) is 0. The monoisotopic (exact) mass is 455 g/mol. The lowest BCUT2D eigenvalue weighted by molar-refractivity contribution is -0.119. The minimum absolute atomic E-state index is 0.0372. The van der Waals surface area contributed by atoms with Gasteiger partial charge in [0.15, 0.2) is 0 Å². The van der Waals surface area contributed by atoms with Crippen molar-refractivity contribution in [2.24, 2.45) is 0 Å². The molecule has 4 rings (SSSR count). The zero-order chi connectivity index (χ0) is 24.1. The maximum atomic E-state index is 11.3. The van der Waals surface area contributed by atoms with Crippen molar-refractivity contribution in [1.29, 1.82) is 0 Å². The van der Waals surface area contributed by atoms with E-state index in [2.05, 4.69) is 11.4 Å². The van der Waals surface area contributed by atoms with Gasteiger partial charge in [0.25, 0.3) is 0 Å². The zero-order valence-corrected chi connectivity index (χ0v) is 19.9. The predicted molar refractivity (Wildman–Crippen MR) is 135 cm³/mol. The Morgan fingerprint density at radius 3 is 1.68 bits per heavy atom. The molecule has 4 aromatic carbocycles. The summed E-state index contributed by atoms with van der Waals surface area (Å²) in [6, 6.07) is 27.2. The summed E-state index contributed by atoms with van der Waals surface area (Å²) in [6.45, 7) is 7.50. The molecule has 4 aromatic rings. The molecule has 34 heavy (non-hydrogen) atoms. The highest BCUT2D eigenvalue weighted by Crippen LogP contribution is 2.30. The summed E-state index contributed by atoms with van der Waals surface area (Å²) in [5.74, 6) is 3.73. The standard InChI is InChI=1S/C29H29NO4/c1-19(2)32-25-9-11-26(12-10-25)33-27-13-15-28(16-14-27)34-29-8-7-23-17-22(5-6-24(23)18-29)20(3)30-21(4)31/h5-20H,1-4H3,(H,30,31). The van der Waals surface area contributed by atoms with E-state index in [-0.39, 0.29) is 18.1 Å². The minimum atomic E-state index is -0.0399. The van der Waals surface area contributed by atoms with Crippen molar-refractivity contribution in [2.45, 2.75) is 39.8 Å². The van der Waals surface area contributed by atoms with Gasteiger partial charge in [-0.05, 0) is 104 Å². The molecular formula is C29H29NO4. The van der Waals surface area contributed by atoms with Gasteiger partial charge in [-0.2, -0.15) is 0 Å². The highest BCUT2D eigenvalue weighted by molar-refractivity contribution is 5.85. The van der Waals surface area contributed by atoms with Gasteiger partial charge in [-0.25, -0.2) is 0 Å². The fraction of sp³-hybridized carbons (Fsp3) is 0.207. The average Bonchev–Trinajstić information content (AvgIpc) is 2.80. The molecule has 0 aromatic heterocycles. The van der Waals surface area contributed by atoms with Crippen LogP contribution in [0.5, 0.6) is 28.7 Å². The molecule has 5 heteroatoms. The van der Waals surface area contributed by atoms with E-state index in [0.717, 1.165) is 45.1 Å². The summed E-state index contributed by atoms with van der Waals surface area (Å²) in [5, 5.41) is 5.08. The summed E-state index contributed by atoms with van der Waals surface area (Å²) < 4.78 is 17.6. The second-order valence-corrected chi connectivity index (χ2v) is 8.50. The molecule has 174 valence electrons. The number of carbonyl (C=O) groups is 1. The summed E-state index contributed by atoms with van der Waals surface area (Å²) >= 11 is 0. The van der Waals surface area contributed by atoms with E-state index in [1.807, 2.05) is 99.6 Å². The number of nitrogens with one attached hydrogen (secondary N) is 1. The van der Waals surface area contributed by atoms with E-state index in [9.17, 15) is 4.79 Å². The second-order valence-electron chi connectivity index (χ2n) is 8.50. The number of amides is 1. The molecule has 0 spiro atoms. The van der Waals surface area contributed by atoms with Crippen LogP contribution in [-0.4, -0.2) is 12.0 Å². The SMILES string of the molecule is CC(=O)NC(C)c1ccc2cc(Oc3ccc(Oc4ccc(OC(C)C)cc4)cc3)ccc2c1. The lowest BCUT2D eigenvalue weighted by Crippen LogP contribution is -2.23. The predicted octanol–water partition coefficient (Wildman–Crippen LogP) is 7.41. The van der Waals surface area contributed by atoms with Gasteiger partial charge in [0.1, 0.15) is 28.7 Å². The normalized spacial score (nSPS) is 11.8. The van der Waals surface area contributed by atoms with Crippen LogP contribution in [0, 0.1) is 0 Å². The third kappa shape index (κ3) is 6.07. The topological polar surface area (TPSA) is 56.8 Å². The smallest absolute Gasteiger partial charge is 0.217 e. The summed E-state index contributed by atoms with van der Waals surface area (Å²) in [4.78, 5) is 11.3. The van der Waals surface area contributed by atoms with Crippen LogP contribution in [0.25, 0.3) is 10.8 Å². The van der Waals surface area contributed by atoms with Gasteiger partial charge in [-0.3, -0.25) is 4.79 Å². The number of ether oxygens (including phenoxy) is 3. The van der Waals surface area contributed by atoms with Gasteiger partial charge in [0.2, 0.25) is 5.91 Å². The first-order valence-corrected chi connectivity index (χ1v) is 11.4. The molecule has 0 heterocycles. The molecule has 0 radical (unpaired) electrons. The van der Waals surface area contributed by atoms with Gasteiger partial charge in [-0.1, -0.05) is 18.2 Å². The molecule has 0 aliphatic carbocycles. The first-order chi connectivity index (χ1) is 16.4. The van der Waals surface area contributed by atoms with E-state index in [0.29, 0.717) is 0 Å². The molecule has 1 amide bonds. The largest absolute Gasteiger partial charge is 0.491 e. The van der Waals surface area contributed by atoms with E-state index in [1.165, 1.54) is 6.92 Å². The fourth-order valence-corrected chi connectivity index (χ4v) is 3.67. The average molecular weight is 456 g/mol. The van der Waals surface area contributed by atoms with Crippen molar-refractivity contribution in [3.05, 3.63) is 90.5 Å². The highest BCUT2D eigenvalue weighted by Gasteiger charge is 2.08. The van der Waals surface area contributed by atoms with E-state index in [4.69, 9.17) is 14.2 Å². The number of benzene rings is 4. The van der Waals surface area contributed by atoms with Gasteiger partial charge >= 0.3 is 0 Å². The maximum absolute atomic E-state index is 11.3. The molecule has 0 aliphatic rings. The third-order valence-corrected chi connectivity index (χ3v) is 5.25. The molecule has 0 fully saturated rings. The highest BCUT2D eigenvalue weighted by atomic mass is 16.5. The Labute approximate surface area is 200 Å². The van der Waals surface area contributed by atoms with Crippen molar-refractivity contribution < 1.29 is 19.0 Å². The second kappa shape index (κ2) is 10.3. The lowest BCUT2D eigenvalue weighted by atomic mass is 10.0. The third-order valence-electron chi connectivity index (χ3n) is 5.25. The minimum Gasteiger partial charge on any atom is -0.491 e. The van der Waals surface area contributed by atoms with Crippen molar-refractivity contribution in [2.75, 3.05) is 0 Å². The van der Waals surface area contributed by atoms with Crippen LogP contribution in [0.4, 0.5) is 0 Å². The molecule has 0 aliphatic heterocycles. The molecule has 1 N–H and O–H groups in total. The summed E-state index contributed by atoms with van der Waals surface area (Å²) in [5.41, 5.74) is 1.06. The van der Waals surface area contributed by atoms with E-state index < -0.39 is 0 Å². The van der Waals surface area contributed by atoms with E-state index >= 15 is 0 Å². The fourth-order valence-electron chi connectivity index (χ4n) is 3.67. The van der Waals surface area contributed by atoms with Crippen molar-refractivity contribution in [3.8, 4) is 28.7 Å². The number of hydrogen-bond acceptors (Lipinski definition) is 4. The van der Waals surface area contributed by atoms with Crippen LogP contribution in [0.15, 0.2) is 84.9 Å². The maximum Gasteiger partial charge on any atom is 0.217 e. The first-order valence-electron chi connectivity index (χ1n) is 11.4. The van der Waals surface area contributed by atoms with Crippen LogP contribution in [-0.2, 0) is 4.79 Å². The molecule has 0 saturated heterocycles. The van der Waals surface area contributed by atoms with Crippen LogP contribution >= 0.6 is 0 Å². The Morgan fingerprint density at radius 1 is 0.647 bits per heavy atom. The molecule has 1 unspecified atom stereocenters. The Morgan fingerprint density at radius 2 is 1.12 bits per heavy atom. The lowest BCUT2D eigenvalue weighted by Gasteiger charge is -2.14. The molecule has 1 atom stereocenters. The molecule has 0 saturated carbocycles. The molecule has 0 bridgehead atoms. The Balaban J connectivity index is 1.40. The Kier molecular flexibility index (Phi) is 7.02. The van der Waals surface area contributed by atoms with Crippen LogP contribution in [0.3, 0.4) is 0 Å². The van der Waals surface area contributed by atoms with Gasteiger partial charge < -0.3 is 19.5 Å². The number of fused-ring (bicyclic) bond motifs is 1. The number of hydrogen-bond donors (Lipinski definition) is 1. The summed E-state index contributed by atoms with van der Waals surface area (Å²) in [6.07, 6.45) is 0.137. The van der Waals surface area contributed by atoms with Crippen LogP contribution < -0.4 is 19.5 Å². The van der Waals surface area contributed by atoms with E-state index in [1.54, 1.807) is 0 Å². The Bertz CT molecular complexity index is 1260. The first kappa shape index (κ1) is 23.2. The van der Waals surface area contributed by atoms with Crippen LogP contribution in [0.1, 0.15) is 39.3 Å². The molecule has 5 nitrogen and oxygen atoms in total. The Hall–Kier alpha value is -3.99. The zero-order valence-electron chi connectivity index (χ0n) is 19.9. The van der Waals surface area contributed by atoms with Crippen molar-refractivity contribution in [3.63, 3.8) is 0 Å². The van der Waals surface area contributed by atoms with Gasteiger partial charge in [0.05, 0.1) is 12.1 Å². The number of carbonyl (C=O) groups excluding carboxylic acids is 1. The van der Waals surface area contributed by atoms with Crippen LogP contribution in [0.2, 0.25) is 0 Å². The molecular weight excluding hydrogens is 426 g/mol.